The van der Waals surface area contributed by atoms with Crippen LogP contribution in [0.1, 0.15) is 25.7 Å². The van der Waals surface area contributed by atoms with E-state index < -0.39 is 10.0 Å². The Morgan fingerprint density at radius 2 is 1.85 bits per heavy atom. The van der Waals surface area contributed by atoms with Crippen LogP contribution in [0.25, 0.3) is 0 Å². The maximum atomic E-state index is 12.2. The van der Waals surface area contributed by atoms with Gasteiger partial charge in [-0.1, -0.05) is 11.6 Å². The first-order chi connectivity index (χ1) is 8.88. The zero-order chi connectivity index (χ0) is 14.0. The molecule has 114 valence electrons. The van der Waals surface area contributed by atoms with Crippen LogP contribution in [0, 0.1) is 0 Å². The first kappa shape index (κ1) is 18.2. The second-order valence-corrected chi connectivity index (χ2v) is 7.78. The summed E-state index contributed by atoms with van der Waals surface area (Å²) in [5, 5.41) is 0.489. The molecule has 0 atom stereocenters. The Morgan fingerprint density at radius 3 is 2.40 bits per heavy atom. The Morgan fingerprint density at radius 1 is 1.25 bits per heavy atom. The molecule has 0 aromatic heterocycles. The monoisotopic (exact) mass is 402 g/mol. The molecule has 1 aliphatic rings. The van der Waals surface area contributed by atoms with Crippen molar-refractivity contribution in [1.82, 2.24) is 4.72 Å². The Labute approximate surface area is 139 Å². The summed E-state index contributed by atoms with van der Waals surface area (Å²) < 4.78 is 27.8. The van der Waals surface area contributed by atoms with Crippen molar-refractivity contribution in [2.75, 3.05) is 0 Å². The summed E-state index contributed by atoms with van der Waals surface area (Å²) in [6.07, 6.45) is 3.29. The molecule has 0 bridgehead atoms. The SMILES string of the molecule is Cl.NC1CCC(NS(=O)(=O)c2ccc(Cl)c(Br)c2)CC1. The maximum Gasteiger partial charge on any atom is 0.240 e. The van der Waals surface area contributed by atoms with E-state index in [9.17, 15) is 8.42 Å². The van der Waals surface area contributed by atoms with Gasteiger partial charge in [0.15, 0.2) is 0 Å². The summed E-state index contributed by atoms with van der Waals surface area (Å²) in [5.41, 5.74) is 5.81. The van der Waals surface area contributed by atoms with Crippen LogP contribution in [0.5, 0.6) is 0 Å². The first-order valence-electron chi connectivity index (χ1n) is 6.11. The van der Waals surface area contributed by atoms with Gasteiger partial charge in [-0.25, -0.2) is 13.1 Å². The number of sulfonamides is 1. The highest BCUT2D eigenvalue weighted by molar-refractivity contribution is 9.10. The van der Waals surface area contributed by atoms with E-state index in [0.29, 0.717) is 9.50 Å². The number of nitrogens with two attached hydrogens (primary N) is 1. The number of nitrogens with one attached hydrogen (secondary N) is 1. The molecule has 0 spiro atoms. The van der Waals surface area contributed by atoms with Gasteiger partial charge in [-0.3, -0.25) is 0 Å². The average molecular weight is 404 g/mol. The van der Waals surface area contributed by atoms with Crippen molar-refractivity contribution in [2.24, 2.45) is 5.73 Å². The molecule has 1 aliphatic carbocycles. The first-order valence-corrected chi connectivity index (χ1v) is 8.77. The van der Waals surface area contributed by atoms with Crippen LogP contribution >= 0.6 is 39.9 Å². The number of halogens is 3. The second kappa shape index (κ2) is 7.42. The summed E-state index contributed by atoms with van der Waals surface area (Å²) in [4.78, 5) is 0.221. The van der Waals surface area contributed by atoms with E-state index >= 15 is 0 Å². The highest BCUT2D eigenvalue weighted by Gasteiger charge is 2.24. The molecule has 1 saturated carbocycles. The van der Waals surface area contributed by atoms with Crippen LogP contribution in [0.4, 0.5) is 0 Å². The lowest BCUT2D eigenvalue weighted by Gasteiger charge is -2.26. The third-order valence-corrected chi connectivity index (χ3v) is 6.03. The number of hydrogen-bond acceptors (Lipinski definition) is 3. The highest BCUT2D eigenvalue weighted by atomic mass is 79.9. The van der Waals surface area contributed by atoms with Crippen LogP contribution in [0.15, 0.2) is 27.6 Å². The van der Waals surface area contributed by atoms with Crippen molar-refractivity contribution >= 4 is 50.0 Å². The predicted octanol–water partition coefficient (Wildman–Crippen LogP) is 3.07. The number of benzene rings is 1. The van der Waals surface area contributed by atoms with Crippen LogP contribution in [-0.4, -0.2) is 20.5 Å². The Kier molecular flexibility index (Phi) is 6.76. The van der Waals surface area contributed by atoms with Gasteiger partial charge in [0.2, 0.25) is 10.0 Å². The van der Waals surface area contributed by atoms with E-state index in [1.165, 1.54) is 12.1 Å². The average Bonchev–Trinajstić information content (AvgIpc) is 2.35. The zero-order valence-corrected chi connectivity index (χ0v) is 14.7. The van der Waals surface area contributed by atoms with Crippen molar-refractivity contribution in [3.05, 3.63) is 27.7 Å². The molecule has 1 aromatic rings. The molecule has 0 unspecified atom stereocenters. The minimum atomic E-state index is -3.50. The lowest BCUT2D eigenvalue weighted by atomic mass is 9.93. The molecule has 0 amide bonds. The fourth-order valence-electron chi connectivity index (χ4n) is 2.17. The van der Waals surface area contributed by atoms with Crippen molar-refractivity contribution < 1.29 is 8.42 Å². The van der Waals surface area contributed by atoms with Crippen LogP contribution < -0.4 is 10.5 Å². The Balaban J connectivity index is 0.00000200. The smallest absolute Gasteiger partial charge is 0.240 e. The molecule has 2 rings (SSSR count). The minimum Gasteiger partial charge on any atom is -0.328 e. The molecular weight excluding hydrogens is 387 g/mol. The molecule has 1 aromatic carbocycles. The van der Waals surface area contributed by atoms with Gasteiger partial charge in [0.1, 0.15) is 0 Å². The van der Waals surface area contributed by atoms with Crippen molar-refractivity contribution in [2.45, 2.75) is 42.7 Å². The van der Waals surface area contributed by atoms with Gasteiger partial charge >= 0.3 is 0 Å². The fourth-order valence-corrected chi connectivity index (χ4v) is 4.15. The molecule has 1 fully saturated rings. The molecule has 0 aliphatic heterocycles. The molecule has 20 heavy (non-hydrogen) atoms. The summed E-state index contributed by atoms with van der Waals surface area (Å²) in [5.74, 6) is 0. The molecule has 0 saturated heterocycles. The van der Waals surface area contributed by atoms with Crippen molar-refractivity contribution in [3.63, 3.8) is 0 Å². The van der Waals surface area contributed by atoms with Gasteiger partial charge in [0, 0.05) is 16.6 Å². The standard InChI is InChI=1S/C12H16BrClN2O2S.ClH/c13-11-7-10(5-6-12(11)14)19(17,18)16-9-3-1-8(15)2-4-9;/h5-9,16H,1-4,15H2;1H. The van der Waals surface area contributed by atoms with Crippen molar-refractivity contribution in [3.8, 4) is 0 Å². The van der Waals surface area contributed by atoms with Crippen LogP contribution in [0.3, 0.4) is 0 Å². The van der Waals surface area contributed by atoms with E-state index in [2.05, 4.69) is 20.7 Å². The minimum absolute atomic E-state index is 0. The van der Waals surface area contributed by atoms with E-state index in [1.807, 2.05) is 0 Å². The van der Waals surface area contributed by atoms with Gasteiger partial charge in [0.05, 0.1) is 9.92 Å². The third kappa shape index (κ3) is 4.58. The van der Waals surface area contributed by atoms with Crippen LogP contribution in [-0.2, 0) is 10.0 Å². The molecule has 3 N–H and O–H groups in total. The number of rotatable bonds is 3. The summed E-state index contributed by atoms with van der Waals surface area (Å²) in [7, 11) is -3.50. The fraction of sp³-hybridized carbons (Fsp3) is 0.500. The van der Waals surface area contributed by atoms with E-state index in [4.69, 9.17) is 17.3 Å². The van der Waals surface area contributed by atoms with Gasteiger partial charge in [0.25, 0.3) is 0 Å². The summed E-state index contributed by atoms with van der Waals surface area (Å²) in [6, 6.07) is 4.75. The summed E-state index contributed by atoms with van der Waals surface area (Å²) in [6.45, 7) is 0. The van der Waals surface area contributed by atoms with E-state index in [-0.39, 0.29) is 29.4 Å². The topological polar surface area (TPSA) is 72.2 Å². The Hall–Kier alpha value is 0.150. The molecular formula is C12H17BrCl2N2O2S. The number of hydrogen-bond donors (Lipinski definition) is 2. The lowest BCUT2D eigenvalue weighted by Crippen LogP contribution is -2.40. The zero-order valence-electron chi connectivity index (χ0n) is 10.7. The third-order valence-electron chi connectivity index (χ3n) is 3.30. The predicted molar refractivity (Wildman–Crippen MR) is 87.0 cm³/mol. The molecule has 0 radical (unpaired) electrons. The molecule has 4 nitrogen and oxygen atoms in total. The Bertz CT molecular complexity index is 561. The van der Waals surface area contributed by atoms with Gasteiger partial charge in [-0.2, -0.15) is 0 Å². The van der Waals surface area contributed by atoms with Crippen molar-refractivity contribution in [1.29, 1.82) is 0 Å². The maximum absolute atomic E-state index is 12.2. The van der Waals surface area contributed by atoms with Gasteiger partial charge < -0.3 is 5.73 Å². The highest BCUT2D eigenvalue weighted by Crippen LogP contribution is 2.26. The quantitative estimate of drug-likeness (QED) is 0.814. The molecule has 0 heterocycles. The van der Waals surface area contributed by atoms with E-state index in [0.717, 1.165) is 25.7 Å². The largest absolute Gasteiger partial charge is 0.328 e. The van der Waals surface area contributed by atoms with Gasteiger partial charge in [-0.05, 0) is 59.8 Å². The van der Waals surface area contributed by atoms with Gasteiger partial charge in [-0.15, -0.1) is 12.4 Å². The second-order valence-electron chi connectivity index (χ2n) is 4.81. The normalized spacial score (nSPS) is 23.1. The lowest BCUT2D eigenvalue weighted by molar-refractivity contribution is 0.373. The molecule has 8 heteroatoms. The van der Waals surface area contributed by atoms with E-state index in [1.54, 1.807) is 6.07 Å². The van der Waals surface area contributed by atoms with Crippen LogP contribution in [0.2, 0.25) is 5.02 Å². The summed E-state index contributed by atoms with van der Waals surface area (Å²) >= 11 is 9.09.